The molecule has 0 aromatic heterocycles. The second-order valence-corrected chi connectivity index (χ2v) is 10.8. The lowest BCUT2D eigenvalue weighted by Crippen LogP contribution is -2.48. The van der Waals surface area contributed by atoms with E-state index in [1.54, 1.807) is 4.90 Å². The summed E-state index contributed by atoms with van der Waals surface area (Å²) < 4.78 is 85.5. The summed E-state index contributed by atoms with van der Waals surface area (Å²) in [5.41, 5.74) is -2.29. The number of nitrogens with zero attached hydrogens (tertiary/aromatic N) is 2. The maximum atomic E-state index is 13.3. The molecule has 2 amide bonds. The average molecular weight is 558 g/mol. The van der Waals surface area contributed by atoms with Crippen LogP contribution in [0.15, 0.2) is 42.5 Å². The van der Waals surface area contributed by atoms with Crippen molar-refractivity contribution in [1.82, 2.24) is 15.1 Å². The normalized spacial score (nSPS) is 21.6. The molecule has 2 heterocycles. The first-order valence-electron chi connectivity index (χ1n) is 12.9. The van der Waals surface area contributed by atoms with Gasteiger partial charge >= 0.3 is 18.4 Å². The quantitative estimate of drug-likeness (QED) is 0.404. The molecule has 2 aliphatic heterocycles. The second kappa shape index (κ2) is 11.0. The van der Waals surface area contributed by atoms with Gasteiger partial charge in [0, 0.05) is 25.2 Å². The Labute approximate surface area is 224 Å². The van der Waals surface area contributed by atoms with Crippen LogP contribution >= 0.6 is 0 Å². The Hall–Kier alpha value is -2.79. The molecule has 5 nitrogen and oxygen atoms in total. The number of benzene rings is 2. The maximum absolute atomic E-state index is 13.3. The molecule has 1 atom stereocenters. The molecule has 11 heteroatoms. The number of carbonyl (C=O) groups is 1. The van der Waals surface area contributed by atoms with E-state index in [0.717, 1.165) is 37.1 Å². The summed E-state index contributed by atoms with van der Waals surface area (Å²) in [6.07, 6.45) is -8.27. The van der Waals surface area contributed by atoms with Gasteiger partial charge in [0.2, 0.25) is 0 Å². The molecule has 214 valence electrons. The third-order valence-corrected chi connectivity index (χ3v) is 7.59. The lowest BCUT2D eigenvalue weighted by Gasteiger charge is -2.38. The molecule has 39 heavy (non-hydrogen) atoms. The van der Waals surface area contributed by atoms with Crippen molar-refractivity contribution in [2.24, 2.45) is 0 Å². The molecule has 0 radical (unpaired) electrons. The van der Waals surface area contributed by atoms with E-state index in [0.29, 0.717) is 18.2 Å². The molecular formula is C28H33F6N3O2. The van der Waals surface area contributed by atoms with Crippen molar-refractivity contribution >= 4 is 6.03 Å². The summed E-state index contributed by atoms with van der Waals surface area (Å²) in [6.45, 7) is 7.56. The predicted molar refractivity (Wildman–Crippen MR) is 134 cm³/mol. The van der Waals surface area contributed by atoms with Crippen molar-refractivity contribution in [3.8, 4) is 0 Å². The minimum atomic E-state index is -4.94. The number of hydrogen-bond donors (Lipinski definition) is 1. The molecule has 2 aromatic rings. The SMILES string of the molecule is Cc1ccc(C2(COCc3cc(C(F)(F)F)cc(C(F)(F)F)c3)CN(C3CCN(C(C)C)CC3)C(=O)N2)cc1. The summed E-state index contributed by atoms with van der Waals surface area (Å²) in [5, 5.41) is 3.03. The minimum absolute atomic E-state index is 0.0186. The fourth-order valence-corrected chi connectivity index (χ4v) is 5.33. The lowest BCUT2D eigenvalue weighted by molar-refractivity contribution is -0.143. The Balaban J connectivity index is 1.55. The van der Waals surface area contributed by atoms with Gasteiger partial charge in [0.15, 0.2) is 0 Å². The molecular weight excluding hydrogens is 524 g/mol. The van der Waals surface area contributed by atoms with Gasteiger partial charge in [0.05, 0.1) is 30.9 Å². The van der Waals surface area contributed by atoms with Crippen molar-refractivity contribution in [3.63, 3.8) is 0 Å². The number of hydrogen-bond acceptors (Lipinski definition) is 3. The number of halogens is 6. The van der Waals surface area contributed by atoms with Crippen LogP contribution < -0.4 is 5.32 Å². The number of aryl methyl sites for hydroxylation is 1. The van der Waals surface area contributed by atoms with E-state index >= 15 is 0 Å². The number of carbonyl (C=O) groups excluding carboxylic acids is 1. The van der Waals surface area contributed by atoms with Gasteiger partial charge in [0.1, 0.15) is 5.54 Å². The molecule has 2 aliphatic rings. The smallest absolute Gasteiger partial charge is 0.374 e. The molecule has 0 saturated carbocycles. The molecule has 2 saturated heterocycles. The van der Waals surface area contributed by atoms with E-state index in [1.165, 1.54) is 0 Å². The predicted octanol–water partition coefficient (Wildman–Crippen LogP) is 6.34. The van der Waals surface area contributed by atoms with Gasteiger partial charge in [-0.2, -0.15) is 26.3 Å². The number of ether oxygens (including phenoxy) is 1. The average Bonchev–Trinajstić information content (AvgIpc) is 3.20. The van der Waals surface area contributed by atoms with Crippen LogP contribution in [0.1, 0.15) is 54.5 Å². The Bertz CT molecular complexity index is 1130. The number of urea groups is 1. The van der Waals surface area contributed by atoms with Crippen LogP contribution in [-0.4, -0.2) is 54.2 Å². The van der Waals surface area contributed by atoms with Gasteiger partial charge in [-0.25, -0.2) is 4.79 Å². The first-order valence-corrected chi connectivity index (χ1v) is 12.9. The van der Waals surface area contributed by atoms with Gasteiger partial charge in [-0.3, -0.25) is 0 Å². The van der Waals surface area contributed by atoms with Gasteiger partial charge in [-0.1, -0.05) is 29.8 Å². The molecule has 2 fully saturated rings. The monoisotopic (exact) mass is 557 g/mol. The molecule has 1 unspecified atom stereocenters. The summed E-state index contributed by atoms with van der Waals surface area (Å²) >= 11 is 0. The maximum Gasteiger partial charge on any atom is 0.416 e. The number of alkyl halides is 6. The number of amides is 2. The van der Waals surface area contributed by atoms with Crippen molar-refractivity contribution < 1.29 is 35.9 Å². The molecule has 0 spiro atoms. The van der Waals surface area contributed by atoms with Crippen LogP contribution in [0.5, 0.6) is 0 Å². The highest BCUT2D eigenvalue weighted by Gasteiger charge is 2.47. The van der Waals surface area contributed by atoms with Crippen LogP contribution in [0.4, 0.5) is 31.1 Å². The molecule has 4 rings (SSSR count). The molecule has 1 N–H and O–H groups in total. The topological polar surface area (TPSA) is 44.8 Å². The molecule has 0 aliphatic carbocycles. The standard InChI is InChI=1S/C28H33F6N3O2/c1-18(2)36-10-8-24(9-11-36)37-16-26(35-25(37)38,21-6-4-19(3)5-7-21)17-39-15-20-12-22(27(29,30)31)14-23(13-20)28(32,33)34/h4-7,12-14,18,24H,8-11,15-17H2,1-3H3,(H,35,38). The van der Waals surface area contributed by atoms with Crippen molar-refractivity contribution in [1.29, 1.82) is 0 Å². The largest absolute Gasteiger partial charge is 0.416 e. The second-order valence-electron chi connectivity index (χ2n) is 10.8. The van der Waals surface area contributed by atoms with Crippen LogP contribution in [0.25, 0.3) is 0 Å². The van der Waals surface area contributed by atoms with E-state index in [9.17, 15) is 31.1 Å². The zero-order valence-electron chi connectivity index (χ0n) is 22.1. The third kappa shape index (κ3) is 6.69. The summed E-state index contributed by atoms with van der Waals surface area (Å²) in [7, 11) is 0. The van der Waals surface area contributed by atoms with E-state index in [-0.39, 0.29) is 36.9 Å². The highest BCUT2D eigenvalue weighted by atomic mass is 19.4. The van der Waals surface area contributed by atoms with E-state index < -0.39 is 35.6 Å². The minimum Gasteiger partial charge on any atom is -0.374 e. The van der Waals surface area contributed by atoms with Gasteiger partial charge in [-0.15, -0.1) is 0 Å². The summed E-state index contributed by atoms with van der Waals surface area (Å²) in [6, 6.07) is 9.07. The fraction of sp³-hybridized carbons (Fsp3) is 0.536. The van der Waals surface area contributed by atoms with Crippen LogP contribution in [-0.2, 0) is 29.2 Å². The first-order chi connectivity index (χ1) is 18.2. The number of piperidine rings is 1. The Morgan fingerprint density at radius 2 is 1.54 bits per heavy atom. The van der Waals surface area contributed by atoms with Gasteiger partial charge in [0.25, 0.3) is 0 Å². The van der Waals surface area contributed by atoms with Crippen LogP contribution in [0.2, 0.25) is 0 Å². The first kappa shape index (κ1) is 29.2. The number of nitrogens with one attached hydrogen (secondary N) is 1. The Kier molecular flexibility index (Phi) is 8.23. The summed E-state index contributed by atoms with van der Waals surface area (Å²) in [5.74, 6) is 0. The molecule has 0 bridgehead atoms. The Morgan fingerprint density at radius 3 is 2.05 bits per heavy atom. The highest BCUT2D eigenvalue weighted by molar-refractivity contribution is 5.79. The van der Waals surface area contributed by atoms with Crippen molar-refractivity contribution in [2.45, 2.75) is 70.2 Å². The molecule has 2 aromatic carbocycles. The van der Waals surface area contributed by atoms with Crippen molar-refractivity contribution in [3.05, 3.63) is 70.3 Å². The van der Waals surface area contributed by atoms with Crippen LogP contribution in [0.3, 0.4) is 0 Å². The van der Waals surface area contributed by atoms with Gasteiger partial charge in [-0.05, 0) is 62.9 Å². The van der Waals surface area contributed by atoms with E-state index in [1.807, 2.05) is 31.2 Å². The van der Waals surface area contributed by atoms with Crippen molar-refractivity contribution in [2.75, 3.05) is 26.2 Å². The van der Waals surface area contributed by atoms with E-state index in [4.69, 9.17) is 4.74 Å². The zero-order valence-corrected chi connectivity index (χ0v) is 22.1. The number of likely N-dealkylation sites (tertiary alicyclic amines) is 1. The lowest BCUT2D eigenvalue weighted by atomic mass is 9.90. The highest BCUT2D eigenvalue weighted by Crippen LogP contribution is 2.37. The third-order valence-electron chi connectivity index (χ3n) is 7.59. The van der Waals surface area contributed by atoms with E-state index in [2.05, 4.69) is 24.1 Å². The van der Waals surface area contributed by atoms with Gasteiger partial charge < -0.3 is 19.9 Å². The fourth-order valence-electron chi connectivity index (χ4n) is 5.33. The zero-order chi connectivity index (χ0) is 28.6. The summed E-state index contributed by atoms with van der Waals surface area (Å²) in [4.78, 5) is 17.3. The van der Waals surface area contributed by atoms with Crippen LogP contribution in [0, 0.1) is 6.92 Å². The Morgan fingerprint density at radius 1 is 0.974 bits per heavy atom. The number of rotatable bonds is 7.